The molecule has 1 aromatic rings. The fraction of sp³-hybridized carbons (Fsp3) is 0.533. The van der Waals surface area contributed by atoms with Gasteiger partial charge in [-0.1, -0.05) is 23.8 Å². The Labute approximate surface area is 109 Å². The first kappa shape index (κ1) is 12.9. The Balaban J connectivity index is 2.35. The molecule has 3 nitrogen and oxygen atoms in total. The summed E-state index contributed by atoms with van der Waals surface area (Å²) >= 11 is 0. The Morgan fingerprint density at radius 3 is 2.50 bits per heavy atom. The predicted octanol–water partition coefficient (Wildman–Crippen LogP) is 3.12. The summed E-state index contributed by atoms with van der Waals surface area (Å²) in [6.45, 7) is 9.14. The van der Waals surface area contributed by atoms with Gasteiger partial charge in [0.15, 0.2) is 0 Å². The molecule has 1 aromatic carbocycles. The van der Waals surface area contributed by atoms with Crippen molar-refractivity contribution in [3.8, 4) is 0 Å². The topological polar surface area (TPSA) is 23.6 Å². The summed E-state index contributed by atoms with van der Waals surface area (Å²) in [5.41, 5.74) is 3.78. The molecule has 1 atom stereocenters. The molecule has 1 heterocycles. The van der Waals surface area contributed by atoms with Crippen molar-refractivity contribution < 1.29 is 4.79 Å². The van der Waals surface area contributed by atoms with E-state index in [0.29, 0.717) is 0 Å². The molecule has 1 unspecified atom stereocenters. The van der Waals surface area contributed by atoms with Crippen molar-refractivity contribution >= 4 is 6.03 Å². The molecule has 2 rings (SSSR count). The molecule has 0 N–H and O–H groups in total. The third-order valence-electron chi connectivity index (χ3n) is 3.80. The summed E-state index contributed by atoms with van der Waals surface area (Å²) in [6, 6.07) is 7.04. The van der Waals surface area contributed by atoms with E-state index in [-0.39, 0.29) is 18.1 Å². The van der Waals surface area contributed by atoms with Crippen LogP contribution in [0.1, 0.15) is 36.6 Å². The number of rotatable bonds is 2. The monoisotopic (exact) mass is 246 g/mol. The molecule has 3 heteroatoms. The average Bonchev–Trinajstić information content (AvgIpc) is 2.60. The zero-order chi connectivity index (χ0) is 13.4. The second-order valence-corrected chi connectivity index (χ2v) is 5.52. The van der Waals surface area contributed by atoms with Gasteiger partial charge in [-0.2, -0.15) is 0 Å². The van der Waals surface area contributed by atoms with Gasteiger partial charge in [-0.3, -0.25) is 0 Å². The van der Waals surface area contributed by atoms with E-state index in [1.54, 1.807) is 0 Å². The maximum Gasteiger partial charge on any atom is 0.320 e. The molecule has 0 aromatic heterocycles. The predicted molar refractivity (Wildman–Crippen MR) is 73.7 cm³/mol. The van der Waals surface area contributed by atoms with E-state index >= 15 is 0 Å². The molecule has 1 aliphatic heterocycles. The lowest BCUT2D eigenvalue weighted by molar-refractivity contribution is 0.187. The molecule has 1 fully saturated rings. The minimum absolute atomic E-state index is 0.135. The highest BCUT2D eigenvalue weighted by atomic mass is 16.2. The number of amides is 2. The molecular weight excluding hydrogens is 224 g/mol. The molecule has 2 amide bonds. The number of benzene rings is 1. The highest BCUT2D eigenvalue weighted by molar-refractivity contribution is 5.77. The molecule has 1 aliphatic rings. The van der Waals surface area contributed by atoms with Crippen molar-refractivity contribution in [2.75, 3.05) is 13.6 Å². The number of aryl methyl sites for hydroxylation is 2. The number of nitrogens with zero attached hydrogens (tertiary/aromatic N) is 2. The third-order valence-corrected chi connectivity index (χ3v) is 3.80. The van der Waals surface area contributed by atoms with Crippen LogP contribution < -0.4 is 0 Å². The number of hydrogen-bond acceptors (Lipinski definition) is 1. The summed E-state index contributed by atoms with van der Waals surface area (Å²) in [5, 5.41) is 0. The minimum atomic E-state index is 0.135. The van der Waals surface area contributed by atoms with Gasteiger partial charge in [-0.25, -0.2) is 4.79 Å². The van der Waals surface area contributed by atoms with Gasteiger partial charge in [0, 0.05) is 19.6 Å². The van der Waals surface area contributed by atoms with E-state index in [4.69, 9.17) is 0 Å². The Morgan fingerprint density at radius 2 is 1.94 bits per heavy atom. The van der Waals surface area contributed by atoms with Crippen molar-refractivity contribution in [1.82, 2.24) is 9.80 Å². The van der Waals surface area contributed by atoms with Crippen LogP contribution in [-0.4, -0.2) is 35.5 Å². The Bertz CT molecular complexity index is 468. The van der Waals surface area contributed by atoms with Gasteiger partial charge in [-0.05, 0) is 38.8 Å². The van der Waals surface area contributed by atoms with Crippen LogP contribution in [0.15, 0.2) is 18.2 Å². The second kappa shape index (κ2) is 4.63. The average molecular weight is 246 g/mol. The van der Waals surface area contributed by atoms with Crippen LogP contribution in [0.5, 0.6) is 0 Å². The number of likely N-dealkylation sites (N-methyl/N-ethyl adjacent to an activating group) is 1. The Morgan fingerprint density at radius 1 is 1.28 bits per heavy atom. The number of urea groups is 1. The maximum atomic E-state index is 12.2. The van der Waals surface area contributed by atoms with E-state index in [0.717, 1.165) is 6.54 Å². The second-order valence-electron chi connectivity index (χ2n) is 5.52. The van der Waals surface area contributed by atoms with Gasteiger partial charge in [0.05, 0.1) is 6.04 Å². The van der Waals surface area contributed by atoms with Gasteiger partial charge in [-0.15, -0.1) is 0 Å². The first-order valence-corrected chi connectivity index (χ1v) is 6.52. The van der Waals surface area contributed by atoms with Crippen LogP contribution in [0, 0.1) is 13.8 Å². The smallest absolute Gasteiger partial charge is 0.320 e. The maximum absolute atomic E-state index is 12.2. The van der Waals surface area contributed by atoms with Crippen LogP contribution in [0.4, 0.5) is 4.79 Å². The van der Waals surface area contributed by atoms with Gasteiger partial charge >= 0.3 is 6.03 Å². The summed E-state index contributed by atoms with van der Waals surface area (Å²) < 4.78 is 0. The Kier molecular flexibility index (Phi) is 3.33. The number of carbonyl (C=O) groups excluding carboxylic acids is 1. The largest absolute Gasteiger partial charge is 0.320 e. The molecule has 18 heavy (non-hydrogen) atoms. The number of hydrogen-bond donors (Lipinski definition) is 0. The fourth-order valence-corrected chi connectivity index (χ4v) is 2.58. The lowest BCUT2D eigenvalue weighted by atomic mass is 9.98. The van der Waals surface area contributed by atoms with Crippen molar-refractivity contribution in [3.63, 3.8) is 0 Å². The highest BCUT2D eigenvalue weighted by Crippen LogP contribution is 2.31. The molecule has 0 saturated carbocycles. The highest BCUT2D eigenvalue weighted by Gasteiger charge is 2.37. The third kappa shape index (κ3) is 2.09. The SMILES string of the molecule is Cc1ccc(C)c(C2CN(C(C)C)C(=O)N2C)c1. The molecule has 1 saturated heterocycles. The zero-order valence-electron chi connectivity index (χ0n) is 11.9. The first-order valence-electron chi connectivity index (χ1n) is 6.52. The normalized spacial score (nSPS) is 20.1. The van der Waals surface area contributed by atoms with Gasteiger partial charge in [0.2, 0.25) is 0 Å². The molecule has 98 valence electrons. The van der Waals surface area contributed by atoms with Crippen LogP contribution in [0.3, 0.4) is 0 Å². The van der Waals surface area contributed by atoms with E-state index in [9.17, 15) is 4.79 Å². The van der Waals surface area contributed by atoms with Gasteiger partial charge < -0.3 is 9.80 Å². The van der Waals surface area contributed by atoms with E-state index in [1.807, 2.05) is 16.8 Å². The molecule has 0 spiro atoms. The Hall–Kier alpha value is -1.51. The van der Waals surface area contributed by atoms with Crippen molar-refractivity contribution in [2.24, 2.45) is 0 Å². The van der Waals surface area contributed by atoms with E-state index in [1.165, 1.54) is 16.7 Å². The van der Waals surface area contributed by atoms with Gasteiger partial charge in [0.1, 0.15) is 0 Å². The zero-order valence-corrected chi connectivity index (χ0v) is 11.9. The van der Waals surface area contributed by atoms with Crippen LogP contribution in [0.2, 0.25) is 0 Å². The van der Waals surface area contributed by atoms with Crippen LogP contribution in [-0.2, 0) is 0 Å². The lowest BCUT2D eigenvalue weighted by Crippen LogP contribution is -2.34. The summed E-state index contributed by atoms with van der Waals surface area (Å²) in [6.07, 6.45) is 0. The van der Waals surface area contributed by atoms with Crippen LogP contribution in [0.25, 0.3) is 0 Å². The van der Waals surface area contributed by atoms with Gasteiger partial charge in [0.25, 0.3) is 0 Å². The molecule has 0 bridgehead atoms. The molecule has 0 aliphatic carbocycles. The quantitative estimate of drug-likeness (QED) is 0.786. The first-order chi connectivity index (χ1) is 8.41. The van der Waals surface area contributed by atoms with E-state index in [2.05, 4.69) is 45.9 Å². The van der Waals surface area contributed by atoms with E-state index < -0.39 is 0 Å². The standard InChI is InChI=1S/C15H22N2O/c1-10(2)17-9-14(16(5)15(17)18)13-8-11(3)6-7-12(13)4/h6-8,10,14H,9H2,1-5H3. The minimum Gasteiger partial charge on any atom is -0.320 e. The lowest BCUT2D eigenvalue weighted by Gasteiger charge is -2.20. The number of carbonyl (C=O) groups is 1. The summed E-state index contributed by atoms with van der Waals surface area (Å²) in [5.74, 6) is 0. The molecule has 0 radical (unpaired) electrons. The van der Waals surface area contributed by atoms with Crippen molar-refractivity contribution in [3.05, 3.63) is 34.9 Å². The summed E-state index contributed by atoms with van der Waals surface area (Å²) in [7, 11) is 1.90. The fourth-order valence-electron chi connectivity index (χ4n) is 2.58. The summed E-state index contributed by atoms with van der Waals surface area (Å²) in [4.78, 5) is 16.0. The molecular formula is C15H22N2O. The van der Waals surface area contributed by atoms with Crippen molar-refractivity contribution in [1.29, 1.82) is 0 Å². The van der Waals surface area contributed by atoms with Crippen LogP contribution >= 0.6 is 0 Å². The van der Waals surface area contributed by atoms with Crippen molar-refractivity contribution in [2.45, 2.75) is 39.8 Å².